The Balaban J connectivity index is 1.80. The molecule has 0 unspecified atom stereocenters. The lowest BCUT2D eigenvalue weighted by Crippen LogP contribution is -2.17. The zero-order valence-electron chi connectivity index (χ0n) is 9.87. The van der Waals surface area contributed by atoms with Crippen LogP contribution < -0.4 is 5.32 Å². The molecule has 0 saturated carbocycles. The van der Waals surface area contributed by atoms with Gasteiger partial charge in [0, 0.05) is 36.4 Å². The third-order valence-electron chi connectivity index (χ3n) is 2.61. The van der Waals surface area contributed by atoms with Gasteiger partial charge < -0.3 is 5.32 Å². The molecule has 1 aromatic heterocycles. The average molecular weight is 265 g/mol. The fourth-order valence-electron chi connectivity index (χ4n) is 1.66. The molecule has 0 bridgehead atoms. The van der Waals surface area contributed by atoms with Gasteiger partial charge in [0.05, 0.1) is 0 Å². The van der Waals surface area contributed by atoms with E-state index in [4.69, 9.17) is 11.6 Å². The normalized spacial score (nSPS) is 10.6. The van der Waals surface area contributed by atoms with Gasteiger partial charge in [0.2, 0.25) is 0 Å². The summed E-state index contributed by atoms with van der Waals surface area (Å²) in [5.74, 6) is -0.263. The largest absolute Gasteiger partial charge is 0.312 e. The van der Waals surface area contributed by atoms with Gasteiger partial charge in [-0.2, -0.15) is 0 Å². The topological polar surface area (TPSA) is 24.9 Å². The van der Waals surface area contributed by atoms with Gasteiger partial charge in [-0.05, 0) is 35.9 Å². The summed E-state index contributed by atoms with van der Waals surface area (Å²) in [5, 5.41) is 3.81. The highest BCUT2D eigenvalue weighted by molar-refractivity contribution is 6.31. The molecule has 2 aromatic rings. The van der Waals surface area contributed by atoms with E-state index in [2.05, 4.69) is 10.3 Å². The second kappa shape index (κ2) is 6.47. The summed E-state index contributed by atoms with van der Waals surface area (Å²) >= 11 is 5.97. The molecule has 94 valence electrons. The summed E-state index contributed by atoms with van der Waals surface area (Å²) in [6.07, 6.45) is 2.62. The Bertz CT molecular complexity index is 502. The van der Waals surface area contributed by atoms with Crippen molar-refractivity contribution < 1.29 is 4.39 Å². The lowest BCUT2D eigenvalue weighted by atomic mass is 10.2. The summed E-state index contributed by atoms with van der Waals surface area (Å²) in [7, 11) is 0. The van der Waals surface area contributed by atoms with Crippen LogP contribution in [0.3, 0.4) is 0 Å². The van der Waals surface area contributed by atoms with E-state index in [0.717, 1.165) is 24.2 Å². The zero-order chi connectivity index (χ0) is 12.8. The SMILES string of the molecule is Fc1ccc(Cl)c(CNCCc2ccccn2)c1. The summed E-state index contributed by atoms with van der Waals surface area (Å²) in [4.78, 5) is 4.23. The number of hydrogen-bond acceptors (Lipinski definition) is 2. The average Bonchev–Trinajstić information content (AvgIpc) is 2.40. The molecule has 4 heteroatoms. The van der Waals surface area contributed by atoms with Gasteiger partial charge in [-0.25, -0.2) is 4.39 Å². The van der Waals surface area contributed by atoms with Crippen molar-refractivity contribution >= 4 is 11.6 Å². The molecule has 0 aliphatic heterocycles. The number of halogens is 2. The fourth-order valence-corrected chi connectivity index (χ4v) is 1.85. The van der Waals surface area contributed by atoms with Crippen molar-refractivity contribution in [2.75, 3.05) is 6.54 Å². The Hall–Kier alpha value is -1.45. The fraction of sp³-hybridized carbons (Fsp3) is 0.214. The minimum atomic E-state index is -0.263. The third-order valence-corrected chi connectivity index (χ3v) is 2.98. The van der Waals surface area contributed by atoms with E-state index < -0.39 is 0 Å². The molecule has 0 fully saturated rings. The number of benzene rings is 1. The van der Waals surface area contributed by atoms with Crippen molar-refractivity contribution in [1.82, 2.24) is 10.3 Å². The van der Waals surface area contributed by atoms with Gasteiger partial charge in [0.25, 0.3) is 0 Å². The van der Waals surface area contributed by atoms with E-state index in [1.165, 1.54) is 12.1 Å². The highest BCUT2D eigenvalue weighted by Crippen LogP contribution is 2.16. The Kier molecular flexibility index (Phi) is 4.67. The van der Waals surface area contributed by atoms with Crippen molar-refractivity contribution in [1.29, 1.82) is 0 Å². The van der Waals surface area contributed by atoms with E-state index in [1.807, 2.05) is 18.2 Å². The predicted octanol–water partition coefficient (Wildman–Crippen LogP) is 3.21. The van der Waals surface area contributed by atoms with Crippen LogP contribution >= 0.6 is 11.6 Å². The van der Waals surface area contributed by atoms with E-state index in [1.54, 1.807) is 12.3 Å². The molecule has 0 amide bonds. The van der Waals surface area contributed by atoms with Crippen molar-refractivity contribution in [3.63, 3.8) is 0 Å². The van der Waals surface area contributed by atoms with Crippen molar-refractivity contribution in [3.8, 4) is 0 Å². The highest BCUT2D eigenvalue weighted by atomic mass is 35.5. The Morgan fingerprint density at radius 1 is 1.22 bits per heavy atom. The summed E-state index contributed by atoms with van der Waals surface area (Å²) in [6.45, 7) is 1.34. The summed E-state index contributed by atoms with van der Waals surface area (Å²) in [6, 6.07) is 10.2. The molecular formula is C14H14ClFN2. The molecule has 0 spiro atoms. The molecule has 0 aliphatic carbocycles. The van der Waals surface area contributed by atoms with Crippen LogP contribution in [0, 0.1) is 5.82 Å². The molecule has 0 saturated heterocycles. The quantitative estimate of drug-likeness (QED) is 0.839. The maximum Gasteiger partial charge on any atom is 0.123 e. The van der Waals surface area contributed by atoms with Crippen LogP contribution in [0.25, 0.3) is 0 Å². The molecule has 1 aromatic carbocycles. The van der Waals surface area contributed by atoms with E-state index in [0.29, 0.717) is 11.6 Å². The van der Waals surface area contributed by atoms with Crippen LogP contribution in [0.5, 0.6) is 0 Å². The van der Waals surface area contributed by atoms with Crippen LogP contribution in [0.4, 0.5) is 4.39 Å². The molecule has 18 heavy (non-hydrogen) atoms. The molecule has 0 atom stereocenters. The number of nitrogens with zero attached hydrogens (tertiary/aromatic N) is 1. The lowest BCUT2D eigenvalue weighted by molar-refractivity contribution is 0.619. The van der Waals surface area contributed by atoms with Crippen LogP contribution in [-0.4, -0.2) is 11.5 Å². The molecule has 1 heterocycles. The second-order valence-corrected chi connectivity index (χ2v) is 4.39. The number of hydrogen-bond donors (Lipinski definition) is 1. The monoisotopic (exact) mass is 264 g/mol. The van der Waals surface area contributed by atoms with Crippen LogP contribution in [0.2, 0.25) is 5.02 Å². The van der Waals surface area contributed by atoms with Gasteiger partial charge in [0.1, 0.15) is 5.82 Å². The number of nitrogens with one attached hydrogen (secondary N) is 1. The lowest BCUT2D eigenvalue weighted by Gasteiger charge is -2.06. The highest BCUT2D eigenvalue weighted by Gasteiger charge is 2.01. The van der Waals surface area contributed by atoms with E-state index in [-0.39, 0.29) is 5.82 Å². The maximum absolute atomic E-state index is 13.0. The maximum atomic E-state index is 13.0. The summed E-state index contributed by atoms with van der Waals surface area (Å²) in [5.41, 5.74) is 1.81. The third kappa shape index (κ3) is 3.79. The van der Waals surface area contributed by atoms with Gasteiger partial charge >= 0.3 is 0 Å². The van der Waals surface area contributed by atoms with Crippen molar-refractivity contribution in [2.45, 2.75) is 13.0 Å². The van der Waals surface area contributed by atoms with Crippen LogP contribution in [0.15, 0.2) is 42.6 Å². The smallest absolute Gasteiger partial charge is 0.123 e. The first-order chi connectivity index (χ1) is 8.75. The van der Waals surface area contributed by atoms with Crippen molar-refractivity contribution in [3.05, 3.63) is 64.7 Å². The zero-order valence-corrected chi connectivity index (χ0v) is 10.6. The predicted molar refractivity (Wildman–Crippen MR) is 71.1 cm³/mol. The first-order valence-corrected chi connectivity index (χ1v) is 6.18. The molecule has 0 aliphatic rings. The van der Waals surface area contributed by atoms with Gasteiger partial charge in [-0.15, -0.1) is 0 Å². The molecular weight excluding hydrogens is 251 g/mol. The molecule has 2 rings (SSSR count). The summed E-state index contributed by atoms with van der Waals surface area (Å²) < 4.78 is 13.0. The Morgan fingerprint density at radius 2 is 2.11 bits per heavy atom. The van der Waals surface area contributed by atoms with Gasteiger partial charge in [-0.3, -0.25) is 4.98 Å². The number of aromatic nitrogens is 1. The molecule has 1 N–H and O–H groups in total. The Morgan fingerprint density at radius 3 is 2.89 bits per heavy atom. The van der Waals surface area contributed by atoms with Crippen molar-refractivity contribution in [2.24, 2.45) is 0 Å². The van der Waals surface area contributed by atoms with E-state index >= 15 is 0 Å². The van der Waals surface area contributed by atoms with Crippen LogP contribution in [-0.2, 0) is 13.0 Å². The van der Waals surface area contributed by atoms with Gasteiger partial charge in [-0.1, -0.05) is 17.7 Å². The number of pyridine rings is 1. The first kappa shape index (κ1) is 13.0. The second-order valence-electron chi connectivity index (χ2n) is 3.98. The number of rotatable bonds is 5. The van der Waals surface area contributed by atoms with Crippen LogP contribution in [0.1, 0.15) is 11.3 Å². The van der Waals surface area contributed by atoms with Gasteiger partial charge in [0.15, 0.2) is 0 Å². The minimum Gasteiger partial charge on any atom is -0.312 e. The molecule has 2 nitrogen and oxygen atoms in total. The Labute approximate surface area is 111 Å². The molecule has 0 radical (unpaired) electrons. The minimum absolute atomic E-state index is 0.263. The standard InChI is InChI=1S/C14H14ClFN2/c15-14-5-4-12(16)9-11(14)10-17-8-6-13-3-1-2-7-18-13/h1-5,7,9,17H,6,8,10H2. The van der Waals surface area contributed by atoms with E-state index in [9.17, 15) is 4.39 Å². The first-order valence-electron chi connectivity index (χ1n) is 5.80.